The number of hydrogen-bond donors (Lipinski definition) is 4. The maximum Gasteiger partial charge on any atom is 0.320 e. The molecular weight excluding hydrogens is 346 g/mol. The topological polar surface area (TPSA) is 150 Å². The Morgan fingerprint density at radius 1 is 1.52 bits per heavy atom. The number of rotatable bonds is 7. The summed E-state index contributed by atoms with van der Waals surface area (Å²) >= 11 is 1.57. The van der Waals surface area contributed by atoms with Crippen molar-refractivity contribution in [2.45, 2.75) is 37.3 Å². The molecule has 3 rings (SSSR count). The third-order valence-corrected chi connectivity index (χ3v) is 5.31. The Kier molecular flexibility index (Phi) is 5.42. The molecule has 10 heteroatoms. The summed E-state index contributed by atoms with van der Waals surface area (Å²) in [4.78, 5) is 18.9. The molecule has 1 aliphatic heterocycles. The molecule has 0 saturated carbocycles. The number of carboxylic acids is 1. The summed E-state index contributed by atoms with van der Waals surface area (Å²) < 4.78 is 7.73. The molecule has 0 amide bonds. The van der Waals surface area contributed by atoms with E-state index < -0.39 is 24.3 Å². The first-order chi connectivity index (χ1) is 12.0. The minimum atomic E-state index is -0.992. The molecule has 1 fully saturated rings. The lowest BCUT2D eigenvalue weighted by atomic mass is 10.2. The Hall–Kier alpha value is -1.88. The summed E-state index contributed by atoms with van der Waals surface area (Å²) in [7, 11) is 0. The quantitative estimate of drug-likeness (QED) is 0.503. The van der Waals surface area contributed by atoms with Gasteiger partial charge in [0, 0.05) is 18.4 Å². The maximum absolute atomic E-state index is 10.7. The fraction of sp³-hybridized carbons (Fsp3) is 0.533. The van der Waals surface area contributed by atoms with Crippen LogP contribution in [-0.4, -0.2) is 60.5 Å². The number of aromatic nitrogens is 3. The normalized spacial score (nSPS) is 24.6. The minimum absolute atomic E-state index is 0.123. The average molecular weight is 367 g/mol. The van der Waals surface area contributed by atoms with E-state index in [0.29, 0.717) is 35.8 Å². The lowest BCUT2D eigenvalue weighted by molar-refractivity contribution is -0.138. The Morgan fingerprint density at radius 2 is 2.32 bits per heavy atom. The summed E-state index contributed by atoms with van der Waals surface area (Å²) in [6, 6.07) is 0.961. The lowest BCUT2D eigenvalue weighted by Crippen LogP contribution is -2.30. The average Bonchev–Trinajstić information content (AvgIpc) is 3.15. The zero-order valence-electron chi connectivity index (χ0n) is 13.5. The number of nitrogen functional groups attached to an aromatic ring is 1. The zero-order valence-corrected chi connectivity index (χ0v) is 14.3. The summed E-state index contributed by atoms with van der Waals surface area (Å²) in [5, 5.41) is 19.8. The van der Waals surface area contributed by atoms with E-state index in [-0.39, 0.29) is 6.10 Å². The molecule has 1 saturated heterocycles. The SMILES string of the molecule is Nc1ncnc2c1ccn2[C@@H]1O[C@H](CSCCC(N)C(=O)O)C[C@H]1O. The van der Waals surface area contributed by atoms with Crippen molar-refractivity contribution < 1.29 is 19.7 Å². The molecular formula is C15H21N5O4S. The number of nitrogens with two attached hydrogens (primary N) is 2. The highest BCUT2D eigenvalue weighted by molar-refractivity contribution is 7.99. The second-order valence-electron chi connectivity index (χ2n) is 5.98. The summed E-state index contributed by atoms with van der Waals surface area (Å²) in [5.41, 5.74) is 11.9. The van der Waals surface area contributed by atoms with Crippen LogP contribution in [0, 0.1) is 0 Å². The van der Waals surface area contributed by atoms with Gasteiger partial charge in [0.2, 0.25) is 0 Å². The monoisotopic (exact) mass is 367 g/mol. The van der Waals surface area contributed by atoms with E-state index >= 15 is 0 Å². The van der Waals surface area contributed by atoms with E-state index in [1.54, 1.807) is 28.6 Å². The number of carboxylic acid groups (broad SMARTS) is 1. The second-order valence-corrected chi connectivity index (χ2v) is 7.13. The highest BCUT2D eigenvalue weighted by Gasteiger charge is 2.35. The second kappa shape index (κ2) is 7.56. The number of aliphatic hydroxyl groups excluding tert-OH is 1. The Balaban J connectivity index is 1.58. The molecule has 25 heavy (non-hydrogen) atoms. The summed E-state index contributed by atoms with van der Waals surface area (Å²) in [5.74, 6) is 0.688. The molecule has 0 aliphatic carbocycles. The summed E-state index contributed by atoms with van der Waals surface area (Å²) in [6.45, 7) is 0. The van der Waals surface area contributed by atoms with Crippen LogP contribution >= 0.6 is 11.8 Å². The third kappa shape index (κ3) is 3.87. The molecule has 3 heterocycles. The largest absolute Gasteiger partial charge is 0.480 e. The van der Waals surface area contributed by atoms with Crippen molar-refractivity contribution in [2.24, 2.45) is 5.73 Å². The number of fused-ring (bicyclic) bond motifs is 1. The predicted octanol–water partition coefficient (Wildman–Crippen LogP) is 0.197. The van der Waals surface area contributed by atoms with Crippen molar-refractivity contribution in [3.05, 3.63) is 18.6 Å². The highest BCUT2D eigenvalue weighted by Crippen LogP contribution is 2.33. The van der Waals surface area contributed by atoms with Gasteiger partial charge in [0.05, 0.1) is 11.5 Å². The van der Waals surface area contributed by atoms with E-state index in [4.69, 9.17) is 21.3 Å². The lowest BCUT2D eigenvalue weighted by Gasteiger charge is -2.17. The summed E-state index contributed by atoms with van der Waals surface area (Å²) in [6.07, 6.45) is 2.76. The van der Waals surface area contributed by atoms with Crippen LogP contribution < -0.4 is 11.5 Å². The number of nitrogens with zero attached hydrogens (tertiary/aromatic N) is 3. The van der Waals surface area contributed by atoms with Crippen molar-refractivity contribution in [1.82, 2.24) is 14.5 Å². The van der Waals surface area contributed by atoms with Crippen LogP contribution in [0.5, 0.6) is 0 Å². The molecule has 0 bridgehead atoms. The predicted molar refractivity (Wildman–Crippen MR) is 94.0 cm³/mol. The fourth-order valence-corrected chi connectivity index (χ4v) is 3.90. The first-order valence-corrected chi connectivity index (χ1v) is 9.09. The smallest absolute Gasteiger partial charge is 0.320 e. The number of aliphatic carboxylic acids is 1. The first-order valence-electron chi connectivity index (χ1n) is 7.94. The van der Waals surface area contributed by atoms with Crippen molar-refractivity contribution in [3.63, 3.8) is 0 Å². The van der Waals surface area contributed by atoms with E-state index in [9.17, 15) is 9.90 Å². The Labute approximate surface area is 148 Å². The van der Waals surface area contributed by atoms with Crippen molar-refractivity contribution in [2.75, 3.05) is 17.2 Å². The molecule has 9 nitrogen and oxygen atoms in total. The van der Waals surface area contributed by atoms with E-state index in [1.807, 2.05) is 0 Å². The van der Waals surface area contributed by atoms with Gasteiger partial charge in [0.25, 0.3) is 0 Å². The van der Waals surface area contributed by atoms with Crippen LogP contribution in [0.1, 0.15) is 19.1 Å². The van der Waals surface area contributed by atoms with Crippen LogP contribution in [0.4, 0.5) is 5.82 Å². The van der Waals surface area contributed by atoms with Crippen molar-refractivity contribution in [3.8, 4) is 0 Å². The highest BCUT2D eigenvalue weighted by atomic mass is 32.2. The first kappa shape index (κ1) is 17.9. The van der Waals surface area contributed by atoms with E-state index in [1.165, 1.54) is 6.33 Å². The van der Waals surface area contributed by atoms with Crippen LogP contribution in [0.25, 0.3) is 11.0 Å². The standard InChI is InChI=1S/C15H21N5O4S/c16-10(15(22)23)2-4-25-6-8-5-11(21)14(24-8)20-3-1-9-12(17)18-7-19-13(9)20/h1,3,7-8,10-11,14,21H,2,4-6,16H2,(H,22,23)(H2,17,18,19)/t8-,10?,11+,14+/m0/s1. The fourth-order valence-electron chi connectivity index (χ4n) is 2.83. The van der Waals surface area contributed by atoms with Gasteiger partial charge >= 0.3 is 5.97 Å². The van der Waals surface area contributed by atoms with Gasteiger partial charge in [-0.25, -0.2) is 9.97 Å². The molecule has 1 aliphatic rings. The molecule has 0 aromatic carbocycles. The molecule has 1 unspecified atom stereocenters. The van der Waals surface area contributed by atoms with Crippen LogP contribution in [0.3, 0.4) is 0 Å². The molecule has 0 spiro atoms. The maximum atomic E-state index is 10.7. The van der Waals surface area contributed by atoms with Crippen LogP contribution in [-0.2, 0) is 9.53 Å². The number of anilines is 1. The Bertz CT molecular complexity index is 755. The molecule has 2 aromatic heterocycles. The van der Waals surface area contributed by atoms with Crippen LogP contribution in [0.2, 0.25) is 0 Å². The minimum Gasteiger partial charge on any atom is -0.480 e. The number of ether oxygens (including phenoxy) is 1. The number of hydrogen-bond acceptors (Lipinski definition) is 8. The molecule has 4 atom stereocenters. The zero-order chi connectivity index (χ0) is 18.0. The van der Waals surface area contributed by atoms with Gasteiger partial charge < -0.3 is 31.0 Å². The number of thioether (sulfide) groups is 1. The van der Waals surface area contributed by atoms with Crippen molar-refractivity contribution >= 4 is 34.6 Å². The molecule has 2 aromatic rings. The third-order valence-electron chi connectivity index (χ3n) is 4.17. The van der Waals surface area contributed by atoms with Gasteiger partial charge in [-0.15, -0.1) is 0 Å². The van der Waals surface area contributed by atoms with Gasteiger partial charge in [-0.2, -0.15) is 11.8 Å². The molecule has 136 valence electrons. The van der Waals surface area contributed by atoms with E-state index in [0.717, 1.165) is 5.39 Å². The Morgan fingerprint density at radius 3 is 3.08 bits per heavy atom. The molecule has 0 radical (unpaired) electrons. The van der Waals surface area contributed by atoms with Gasteiger partial charge in [0.15, 0.2) is 6.23 Å². The number of carbonyl (C=O) groups is 1. The molecule has 6 N–H and O–H groups in total. The van der Waals surface area contributed by atoms with Gasteiger partial charge in [-0.3, -0.25) is 4.79 Å². The van der Waals surface area contributed by atoms with Gasteiger partial charge in [-0.1, -0.05) is 0 Å². The van der Waals surface area contributed by atoms with Gasteiger partial charge in [-0.05, 0) is 18.2 Å². The number of aliphatic hydroxyl groups is 1. The van der Waals surface area contributed by atoms with Crippen LogP contribution in [0.15, 0.2) is 18.6 Å². The van der Waals surface area contributed by atoms with E-state index in [2.05, 4.69) is 9.97 Å². The van der Waals surface area contributed by atoms with Gasteiger partial charge in [0.1, 0.15) is 29.9 Å². The van der Waals surface area contributed by atoms with Crippen molar-refractivity contribution in [1.29, 1.82) is 0 Å².